The van der Waals surface area contributed by atoms with Gasteiger partial charge in [0, 0.05) is 18.4 Å². The van der Waals surface area contributed by atoms with Gasteiger partial charge in [0.25, 0.3) is 0 Å². The van der Waals surface area contributed by atoms with E-state index in [0.717, 1.165) is 5.56 Å². The zero-order valence-electron chi connectivity index (χ0n) is 10.9. The van der Waals surface area contributed by atoms with Crippen molar-refractivity contribution in [1.82, 2.24) is 10.3 Å². The molecule has 100 valence electrons. The van der Waals surface area contributed by atoms with Crippen LogP contribution in [0.4, 0.5) is 0 Å². The first-order chi connectivity index (χ1) is 9.20. The van der Waals surface area contributed by atoms with Crippen molar-refractivity contribution in [3.05, 3.63) is 53.7 Å². The molecule has 2 rings (SSSR count). The number of pyridine rings is 1. The molecule has 0 aliphatic heterocycles. The quantitative estimate of drug-likeness (QED) is 0.836. The van der Waals surface area contributed by atoms with Crippen LogP contribution in [-0.4, -0.2) is 18.1 Å². The molecule has 2 heterocycles. The van der Waals surface area contributed by atoms with E-state index in [2.05, 4.69) is 15.0 Å². The minimum atomic E-state index is -0.466. The number of ether oxygens (including phenoxy) is 1. The Morgan fingerprint density at radius 1 is 1.47 bits per heavy atom. The molecular weight excluding hydrogens is 244 g/mol. The first-order valence-corrected chi connectivity index (χ1v) is 6.01. The van der Waals surface area contributed by atoms with E-state index in [0.29, 0.717) is 12.3 Å². The first-order valence-electron chi connectivity index (χ1n) is 6.01. The highest BCUT2D eigenvalue weighted by atomic mass is 16.5. The standard InChI is InChI=1S/C14H16N2O3/c1-10(11-4-3-7-15-8-11)16-9-12-5-6-13(19-12)14(17)18-2/h3-8,10,16H,9H2,1-2H3/t10-/m0/s1. The summed E-state index contributed by atoms with van der Waals surface area (Å²) >= 11 is 0. The molecule has 1 N–H and O–H groups in total. The van der Waals surface area contributed by atoms with Gasteiger partial charge in [0.1, 0.15) is 5.76 Å². The summed E-state index contributed by atoms with van der Waals surface area (Å²) in [7, 11) is 1.33. The molecule has 19 heavy (non-hydrogen) atoms. The third-order valence-corrected chi connectivity index (χ3v) is 2.82. The van der Waals surface area contributed by atoms with Crippen LogP contribution >= 0.6 is 0 Å². The lowest BCUT2D eigenvalue weighted by Crippen LogP contribution is -2.17. The highest BCUT2D eigenvalue weighted by Gasteiger charge is 2.11. The number of esters is 1. The molecule has 5 heteroatoms. The number of rotatable bonds is 5. The molecule has 0 spiro atoms. The van der Waals surface area contributed by atoms with E-state index < -0.39 is 5.97 Å². The average Bonchev–Trinajstić information content (AvgIpc) is 2.93. The summed E-state index contributed by atoms with van der Waals surface area (Å²) in [6.07, 6.45) is 3.56. The van der Waals surface area contributed by atoms with Crippen LogP contribution in [0.25, 0.3) is 0 Å². The fraction of sp³-hybridized carbons (Fsp3) is 0.286. The van der Waals surface area contributed by atoms with Crippen LogP contribution in [0.2, 0.25) is 0 Å². The summed E-state index contributed by atoms with van der Waals surface area (Å²) in [6, 6.07) is 7.43. The van der Waals surface area contributed by atoms with Crippen molar-refractivity contribution in [2.75, 3.05) is 7.11 Å². The van der Waals surface area contributed by atoms with Crippen molar-refractivity contribution in [2.45, 2.75) is 19.5 Å². The smallest absolute Gasteiger partial charge is 0.373 e. The number of nitrogens with one attached hydrogen (secondary N) is 1. The second-order valence-electron chi connectivity index (χ2n) is 4.15. The van der Waals surface area contributed by atoms with Crippen LogP contribution in [0, 0.1) is 0 Å². The number of aromatic nitrogens is 1. The molecule has 2 aromatic heterocycles. The van der Waals surface area contributed by atoms with Crippen molar-refractivity contribution >= 4 is 5.97 Å². The molecule has 0 amide bonds. The molecule has 0 saturated heterocycles. The Kier molecular flexibility index (Phi) is 4.30. The van der Waals surface area contributed by atoms with Gasteiger partial charge in [0.2, 0.25) is 5.76 Å². The molecule has 2 aromatic rings. The predicted octanol–water partition coefficient (Wildman–Crippen LogP) is 2.31. The number of carbonyl (C=O) groups excluding carboxylic acids is 1. The van der Waals surface area contributed by atoms with Crippen molar-refractivity contribution < 1.29 is 13.9 Å². The third-order valence-electron chi connectivity index (χ3n) is 2.82. The summed E-state index contributed by atoms with van der Waals surface area (Å²) in [4.78, 5) is 15.3. The maximum Gasteiger partial charge on any atom is 0.373 e. The van der Waals surface area contributed by atoms with Gasteiger partial charge in [-0.25, -0.2) is 4.79 Å². The Hall–Kier alpha value is -2.14. The van der Waals surface area contributed by atoms with Gasteiger partial charge in [0.05, 0.1) is 13.7 Å². The lowest BCUT2D eigenvalue weighted by atomic mass is 10.1. The molecule has 0 saturated carbocycles. The molecule has 0 aliphatic rings. The van der Waals surface area contributed by atoms with E-state index >= 15 is 0 Å². The Morgan fingerprint density at radius 2 is 2.32 bits per heavy atom. The van der Waals surface area contributed by atoms with Crippen molar-refractivity contribution in [2.24, 2.45) is 0 Å². The Bertz CT molecular complexity index is 537. The highest BCUT2D eigenvalue weighted by molar-refractivity contribution is 5.86. The maximum atomic E-state index is 11.2. The SMILES string of the molecule is COC(=O)c1ccc(CN[C@@H](C)c2cccnc2)o1. The van der Waals surface area contributed by atoms with E-state index in [1.165, 1.54) is 7.11 Å². The molecule has 0 radical (unpaired) electrons. The number of carbonyl (C=O) groups is 1. The highest BCUT2D eigenvalue weighted by Crippen LogP contribution is 2.13. The van der Waals surface area contributed by atoms with E-state index in [1.807, 2.05) is 25.3 Å². The molecule has 0 aromatic carbocycles. The predicted molar refractivity (Wildman–Crippen MR) is 69.5 cm³/mol. The zero-order valence-corrected chi connectivity index (χ0v) is 10.9. The minimum Gasteiger partial charge on any atom is -0.463 e. The van der Waals surface area contributed by atoms with Crippen LogP contribution < -0.4 is 5.32 Å². The van der Waals surface area contributed by atoms with Gasteiger partial charge in [-0.1, -0.05) is 6.07 Å². The largest absolute Gasteiger partial charge is 0.463 e. The van der Waals surface area contributed by atoms with Crippen LogP contribution in [0.15, 0.2) is 41.1 Å². The number of nitrogens with zero attached hydrogens (tertiary/aromatic N) is 1. The first kappa shape index (κ1) is 13.3. The van der Waals surface area contributed by atoms with Gasteiger partial charge in [-0.3, -0.25) is 4.98 Å². The van der Waals surface area contributed by atoms with Gasteiger partial charge in [-0.2, -0.15) is 0 Å². The topological polar surface area (TPSA) is 64.4 Å². The molecule has 0 fully saturated rings. The molecule has 0 bridgehead atoms. The zero-order chi connectivity index (χ0) is 13.7. The van der Waals surface area contributed by atoms with Gasteiger partial charge in [-0.15, -0.1) is 0 Å². The van der Waals surface area contributed by atoms with E-state index in [9.17, 15) is 4.79 Å². The van der Waals surface area contributed by atoms with Crippen molar-refractivity contribution in [3.8, 4) is 0 Å². The summed E-state index contributed by atoms with van der Waals surface area (Å²) in [5.74, 6) is 0.441. The fourth-order valence-corrected chi connectivity index (χ4v) is 1.69. The number of hydrogen-bond acceptors (Lipinski definition) is 5. The molecule has 0 aliphatic carbocycles. The van der Waals surface area contributed by atoms with Gasteiger partial charge in [0.15, 0.2) is 0 Å². The summed E-state index contributed by atoms with van der Waals surface area (Å²) in [5.41, 5.74) is 1.10. The van der Waals surface area contributed by atoms with Crippen molar-refractivity contribution in [1.29, 1.82) is 0 Å². The van der Waals surface area contributed by atoms with Gasteiger partial charge in [-0.05, 0) is 30.7 Å². The van der Waals surface area contributed by atoms with Crippen LogP contribution in [0.1, 0.15) is 34.8 Å². The van der Waals surface area contributed by atoms with Crippen LogP contribution in [0.3, 0.4) is 0 Å². The molecule has 0 unspecified atom stereocenters. The van der Waals surface area contributed by atoms with E-state index in [-0.39, 0.29) is 11.8 Å². The number of furan rings is 1. The number of methoxy groups -OCH3 is 1. The average molecular weight is 260 g/mol. The van der Waals surface area contributed by atoms with Crippen LogP contribution in [-0.2, 0) is 11.3 Å². The molecule has 1 atom stereocenters. The lowest BCUT2D eigenvalue weighted by molar-refractivity contribution is 0.0563. The van der Waals surface area contributed by atoms with Gasteiger partial charge < -0.3 is 14.5 Å². The van der Waals surface area contributed by atoms with E-state index in [1.54, 1.807) is 18.3 Å². The lowest BCUT2D eigenvalue weighted by Gasteiger charge is -2.12. The maximum absolute atomic E-state index is 11.2. The second kappa shape index (κ2) is 6.15. The summed E-state index contributed by atoms with van der Waals surface area (Å²) in [6.45, 7) is 2.58. The van der Waals surface area contributed by atoms with E-state index in [4.69, 9.17) is 4.42 Å². The van der Waals surface area contributed by atoms with Crippen LogP contribution in [0.5, 0.6) is 0 Å². The Balaban J connectivity index is 1.92. The Labute approximate surface area is 111 Å². The van der Waals surface area contributed by atoms with Crippen molar-refractivity contribution in [3.63, 3.8) is 0 Å². The minimum absolute atomic E-state index is 0.153. The van der Waals surface area contributed by atoms with Gasteiger partial charge >= 0.3 is 5.97 Å². The fourth-order valence-electron chi connectivity index (χ4n) is 1.69. The third kappa shape index (κ3) is 3.42. The molecule has 5 nitrogen and oxygen atoms in total. The summed E-state index contributed by atoms with van der Waals surface area (Å²) < 4.78 is 9.95. The Morgan fingerprint density at radius 3 is 3.00 bits per heavy atom. The number of hydrogen-bond donors (Lipinski definition) is 1. The second-order valence-corrected chi connectivity index (χ2v) is 4.15. The summed E-state index contributed by atoms with van der Waals surface area (Å²) in [5, 5.41) is 3.30. The molecular formula is C14H16N2O3. The normalized spacial score (nSPS) is 12.1. The monoisotopic (exact) mass is 260 g/mol.